The number of hydrogen-bond acceptors (Lipinski definition) is 7. The normalized spacial score (nSPS) is 12.2. The number of nitrogens with two attached hydrogens (primary N) is 1. The molecule has 0 radical (unpaired) electrons. The number of benzene rings is 1. The molecule has 0 aliphatic rings. The molecule has 0 spiro atoms. The molecule has 4 heterocycles. The van der Waals surface area contributed by atoms with Crippen LogP contribution in [0.1, 0.15) is 26.3 Å². The summed E-state index contributed by atoms with van der Waals surface area (Å²) in [6, 6.07) is 17.9. The van der Waals surface area contributed by atoms with Crippen molar-refractivity contribution in [2.45, 2.75) is 45.5 Å². The number of nitrogens with zero attached hydrogens (tertiary/aromatic N) is 5. The highest BCUT2D eigenvalue weighted by Crippen LogP contribution is 2.37. The van der Waals surface area contributed by atoms with Gasteiger partial charge in [0.2, 0.25) is 0 Å². The fraction of sp³-hybridized carbons (Fsp3) is 0.267. The molecule has 0 bridgehead atoms. The van der Waals surface area contributed by atoms with Crippen LogP contribution in [-0.2, 0) is 11.0 Å². The maximum atomic E-state index is 6.44. The minimum absolute atomic E-state index is 0.156. The van der Waals surface area contributed by atoms with Crippen molar-refractivity contribution in [1.29, 1.82) is 0 Å². The lowest BCUT2D eigenvalue weighted by Gasteiger charge is -2.36. The van der Waals surface area contributed by atoms with Gasteiger partial charge in [-0.05, 0) is 66.2 Å². The minimum Gasteiger partial charge on any atom is -0.495 e. The van der Waals surface area contributed by atoms with Gasteiger partial charge >= 0.3 is 0 Å². The molecular formula is C30H34N6O2Si. The van der Waals surface area contributed by atoms with Crippen LogP contribution in [0.4, 0.5) is 5.82 Å². The van der Waals surface area contributed by atoms with E-state index in [-0.39, 0.29) is 5.04 Å². The number of pyridine rings is 3. The Morgan fingerprint density at radius 3 is 2.44 bits per heavy atom. The molecule has 200 valence electrons. The van der Waals surface area contributed by atoms with Gasteiger partial charge in [0.15, 0.2) is 19.8 Å². The predicted molar refractivity (Wildman–Crippen MR) is 158 cm³/mol. The Morgan fingerprint density at radius 1 is 0.974 bits per heavy atom. The van der Waals surface area contributed by atoms with Crippen molar-refractivity contribution < 1.29 is 9.16 Å². The standard InChI is InChI=1S/C30H34N6O2Si/c1-30(2,3)39(5,6)38-19-20-9-11-22(12-10-20)36-28(24-8-7-15-33-27(24)31)35-26-14-13-25(34-29(26)36)21-16-23(37-4)18-32-17-21/h7-18H,19H2,1-6H3,(H2,31,33). The fourth-order valence-corrected chi connectivity index (χ4v) is 5.00. The van der Waals surface area contributed by atoms with Crippen LogP contribution in [0.5, 0.6) is 5.75 Å². The molecule has 0 amide bonds. The first-order chi connectivity index (χ1) is 18.6. The second-order valence-electron chi connectivity index (χ2n) is 11.1. The van der Waals surface area contributed by atoms with E-state index in [1.54, 1.807) is 25.7 Å². The zero-order valence-electron chi connectivity index (χ0n) is 23.3. The van der Waals surface area contributed by atoms with Gasteiger partial charge in [-0.1, -0.05) is 32.9 Å². The number of rotatable bonds is 7. The van der Waals surface area contributed by atoms with Crippen LogP contribution >= 0.6 is 0 Å². The predicted octanol–water partition coefficient (Wildman–Crippen LogP) is 6.66. The van der Waals surface area contributed by atoms with Crippen molar-refractivity contribution in [2.75, 3.05) is 12.8 Å². The van der Waals surface area contributed by atoms with Crippen molar-refractivity contribution in [3.05, 3.63) is 78.8 Å². The van der Waals surface area contributed by atoms with Crippen molar-refractivity contribution >= 4 is 25.3 Å². The molecule has 5 aromatic rings. The monoisotopic (exact) mass is 538 g/mol. The topological polar surface area (TPSA) is 101 Å². The summed E-state index contributed by atoms with van der Waals surface area (Å²) in [6.07, 6.45) is 5.12. The summed E-state index contributed by atoms with van der Waals surface area (Å²) >= 11 is 0. The largest absolute Gasteiger partial charge is 0.495 e. The van der Waals surface area contributed by atoms with E-state index >= 15 is 0 Å². The summed E-state index contributed by atoms with van der Waals surface area (Å²) < 4.78 is 13.8. The third-order valence-electron chi connectivity index (χ3n) is 7.43. The smallest absolute Gasteiger partial charge is 0.192 e. The molecular weight excluding hydrogens is 504 g/mol. The van der Waals surface area contributed by atoms with E-state index in [9.17, 15) is 0 Å². The first-order valence-electron chi connectivity index (χ1n) is 12.9. The molecule has 0 unspecified atom stereocenters. The van der Waals surface area contributed by atoms with Gasteiger partial charge < -0.3 is 14.9 Å². The van der Waals surface area contributed by atoms with E-state index in [4.69, 9.17) is 24.9 Å². The average molecular weight is 539 g/mol. The van der Waals surface area contributed by atoms with Gasteiger partial charge in [-0.3, -0.25) is 9.55 Å². The number of imidazole rings is 1. The molecule has 0 saturated heterocycles. The maximum Gasteiger partial charge on any atom is 0.192 e. The first kappa shape index (κ1) is 26.5. The molecule has 1 aromatic carbocycles. The molecule has 5 rings (SSSR count). The third kappa shape index (κ3) is 5.28. The Morgan fingerprint density at radius 2 is 1.74 bits per heavy atom. The van der Waals surface area contributed by atoms with Crippen LogP contribution in [0.25, 0.3) is 39.5 Å². The molecule has 0 atom stereocenters. The lowest BCUT2D eigenvalue weighted by Crippen LogP contribution is -2.40. The summed E-state index contributed by atoms with van der Waals surface area (Å²) in [5, 5.41) is 0.156. The van der Waals surface area contributed by atoms with E-state index in [1.165, 1.54) is 0 Å². The number of anilines is 1. The van der Waals surface area contributed by atoms with Crippen molar-refractivity contribution in [3.8, 4) is 34.1 Å². The number of aromatic nitrogens is 5. The van der Waals surface area contributed by atoms with E-state index < -0.39 is 8.32 Å². The summed E-state index contributed by atoms with van der Waals surface area (Å²) in [5.74, 6) is 1.75. The van der Waals surface area contributed by atoms with Crippen LogP contribution in [0.2, 0.25) is 18.1 Å². The minimum atomic E-state index is -1.86. The quantitative estimate of drug-likeness (QED) is 0.231. The summed E-state index contributed by atoms with van der Waals surface area (Å²) in [6.45, 7) is 11.9. The molecule has 0 aliphatic carbocycles. The molecule has 4 aromatic heterocycles. The summed E-state index contributed by atoms with van der Waals surface area (Å²) in [4.78, 5) is 18.5. The Bertz CT molecular complexity index is 1620. The van der Waals surface area contributed by atoms with Gasteiger partial charge in [0, 0.05) is 23.6 Å². The van der Waals surface area contributed by atoms with Crippen LogP contribution < -0.4 is 10.5 Å². The van der Waals surface area contributed by atoms with Gasteiger partial charge in [0.05, 0.1) is 31.2 Å². The highest BCUT2D eigenvalue weighted by molar-refractivity contribution is 6.74. The second kappa shape index (κ2) is 10.2. The number of ether oxygens (including phenoxy) is 1. The number of fused-ring (bicyclic) bond motifs is 1. The Labute approximate surface area is 230 Å². The first-order valence-corrected chi connectivity index (χ1v) is 15.8. The summed E-state index contributed by atoms with van der Waals surface area (Å²) in [5.41, 5.74) is 12.1. The Balaban J connectivity index is 1.60. The Kier molecular flexibility index (Phi) is 6.96. The van der Waals surface area contributed by atoms with Gasteiger partial charge in [-0.15, -0.1) is 0 Å². The number of nitrogen functional groups attached to an aromatic ring is 1. The van der Waals surface area contributed by atoms with E-state index in [2.05, 4.69) is 68.1 Å². The lowest BCUT2D eigenvalue weighted by atomic mass is 10.2. The SMILES string of the molecule is COc1cncc(-c2ccc3nc(-c4cccnc4N)n(-c4ccc(CO[Si](C)(C)C(C)(C)C)cc4)c3n2)c1. The molecule has 0 saturated carbocycles. The van der Waals surface area contributed by atoms with Gasteiger partial charge in [-0.25, -0.2) is 15.0 Å². The fourth-order valence-electron chi connectivity index (χ4n) is 4.04. The highest BCUT2D eigenvalue weighted by Gasteiger charge is 2.37. The van der Waals surface area contributed by atoms with Crippen LogP contribution in [0, 0.1) is 0 Å². The molecule has 0 fully saturated rings. The third-order valence-corrected chi connectivity index (χ3v) is 11.9. The van der Waals surface area contributed by atoms with Gasteiger partial charge in [0.25, 0.3) is 0 Å². The highest BCUT2D eigenvalue weighted by atomic mass is 28.4. The van der Waals surface area contributed by atoms with E-state index in [0.29, 0.717) is 29.6 Å². The van der Waals surface area contributed by atoms with E-state index in [0.717, 1.165) is 33.6 Å². The van der Waals surface area contributed by atoms with Crippen molar-refractivity contribution in [3.63, 3.8) is 0 Å². The molecule has 2 N–H and O–H groups in total. The lowest BCUT2D eigenvalue weighted by molar-refractivity contribution is 0.276. The zero-order valence-corrected chi connectivity index (χ0v) is 24.3. The van der Waals surface area contributed by atoms with Crippen LogP contribution in [0.15, 0.2) is 73.2 Å². The average Bonchev–Trinajstić information content (AvgIpc) is 3.30. The number of hydrogen-bond donors (Lipinski definition) is 1. The zero-order chi connectivity index (χ0) is 27.8. The van der Waals surface area contributed by atoms with Crippen LogP contribution in [-0.4, -0.2) is 39.9 Å². The maximum absolute atomic E-state index is 6.44. The molecule has 8 nitrogen and oxygen atoms in total. The van der Waals surface area contributed by atoms with Crippen molar-refractivity contribution in [2.24, 2.45) is 0 Å². The van der Waals surface area contributed by atoms with Crippen molar-refractivity contribution in [1.82, 2.24) is 24.5 Å². The molecule has 0 aliphatic heterocycles. The number of methoxy groups -OCH3 is 1. The van der Waals surface area contributed by atoms with Gasteiger partial charge in [-0.2, -0.15) is 0 Å². The molecule has 39 heavy (non-hydrogen) atoms. The second-order valence-corrected chi connectivity index (χ2v) is 15.9. The van der Waals surface area contributed by atoms with Gasteiger partial charge in [0.1, 0.15) is 17.1 Å². The van der Waals surface area contributed by atoms with Crippen LogP contribution in [0.3, 0.4) is 0 Å². The summed E-state index contributed by atoms with van der Waals surface area (Å²) in [7, 11) is -0.233. The Hall–Kier alpha value is -4.08. The molecule has 9 heteroatoms. The van der Waals surface area contributed by atoms with E-state index in [1.807, 2.05) is 34.9 Å².